The van der Waals surface area contributed by atoms with Gasteiger partial charge in [0.05, 0.1) is 5.41 Å². The van der Waals surface area contributed by atoms with Crippen molar-refractivity contribution >= 4 is 29.9 Å². The topological polar surface area (TPSA) is 46.3 Å². The molecule has 2 N–H and O–H groups in total. The average Bonchev–Trinajstić information content (AvgIpc) is 2.45. The molecule has 21 heavy (non-hydrogen) atoms. The van der Waals surface area contributed by atoms with Crippen molar-refractivity contribution in [2.24, 2.45) is 11.1 Å². The first-order valence-corrected chi connectivity index (χ1v) is 7.18. The average molecular weight is 337 g/mol. The van der Waals surface area contributed by atoms with Gasteiger partial charge in [0.25, 0.3) is 0 Å². The Balaban J connectivity index is 0.00000400. The molecule has 0 aliphatic heterocycles. The Morgan fingerprint density at radius 3 is 2.38 bits per heavy atom. The van der Waals surface area contributed by atoms with Crippen LogP contribution in [0.15, 0.2) is 18.2 Å². The normalized spacial score (nSPS) is 11.0. The number of carbonyl (C=O) groups excluding carboxylic acids is 1. The van der Waals surface area contributed by atoms with Crippen molar-refractivity contribution < 1.29 is 9.18 Å². The van der Waals surface area contributed by atoms with E-state index < -0.39 is 11.2 Å². The first kappa shape index (κ1) is 20.2. The molecule has 0 aliphatic carbocycles. The van der Waals surface area contributed by atoms with E-state index in [-0.39, 0.29) is 31.4 Å². The summed E-state index contributed by atoms with van der Waals surface area (Å²) in [6.07, 6.45) is 1.32. The summed E-state index contributed by atoms with van der Waals surface area (Å²) in [5, 5.41) is 0.330. The third kappa shape index (κ3) is 4.31. The van der Waals surface area contributed by atoms with E-state index in [9.17, 15) is 9.18 Å². The van der Waals surface area contributed by atoms with Crippen LogP contribution in [0.25, 0.3) is 0 Å². The van der Waals surface area contributed by atoms with Gasteiger partial charge >= 0.3 is 0 Å². The zero-order chi connectivity index (χ0) is 15.3. The van der Waals surface area contributed by atoms with E-state index in [4.69, 9.17) is 17.3 Å². The summed E-state index contributed by atoms with van der Waals surface area (Å²) in [5.41, 5.74) is 5.53. The van der Waals surface area contributed by atoms with Crippen LogP contribution in [0.4, 0.5) is 4.39 Å². The summed E-state index contributed by atoms with van der Waals surface area (Å²) < 4.78 is 13.8. The highest BCUT2D eigenvalue weighted by Crippen LogP contribution is 2.29. The van der Waals surface area contributed by atoms with Crippen LogP contribution in [0.2, 0.25) is 5.02 Å². The Kier molecular flexibility index (Phi) is 8.22. The smallest absolute Gasteiger partial charge is 0.230 e. The molecule has 0 fully saturated rings. The molecular formula is C15H23Cl2FN2O. The molecule has 120 valence electrons. The molecule has 0 aromatic heterocycles. The van der Waals surface area contributed by atoms with Crippen LogP contribution in [-0.2, 0) is 11.3 Å². The van der Waals surface area contributed by atoms with Gasteiger partial charge in [0, 0.05) is 30.7 Å². The Labute approximate surface area is 137 Å². The third-order valence-electron chi connectivity index (χ3n) is 4.00. The van der Waals surface area contributed by atoms with Crippen LogP contribution in [0.3, 0.4) is 0 Å². The predicted octanol–water partition coefficient (Wildman–Crippen LogP) is 3.62. The monoisotopic (exact) mass is 336 g/mol. The second kappa shape index (κ2) is 8.57. The second-order valence-corrected chi connectivity index (χ2v) is 5.46. The number of halogens is 3. The van der Waals surface area contributed by atoms with Crippen molar-refractivity contribution in [1.29, 1.82) is 0 Å². The van der Waals surface area contributed by atoms with Gasteiger partial charge in [-0.1, -0.05) is 31.5 Å². The second-order valence-electron chi connectivity index (χ2n) is 5.05. The Bertz CT molecular complexity index is 450. The van der Waals surface area contributed by atoms with Crippen LogP contribution in [0.5, 0.6) is 0 Å². The molecule has 0 unspecified atom stereocenters. The molecule has 0 saturated heterocycles. The quantitative estimate of drug-likeness (QED) is 0.862. The highest BCUT2D eigenvalue weighted by atomic mass is 35.5. The zero-order valence-corrected chi connectivity index (χ0v) is 14.2. The van der Waals surface area contributed by atoms with E-state index in [1.807, 2.05) is 13.8 Å². The lowest BCUT2D eigenvalue weighted by Gasteiger charge is -2.33. The molecule has 0 aliphatic rings. The van der Waals surface area contributed by atoms with Gasteiger partial charge in [-0.25, -0.2) is 4.39 Å². The van der Waals surface area contributed by atoms with Crippen LogP contribution in [0, 0.1) is 11.2 Å². The highest BCUT2D eigenvalue weighted by Gasteiger charge is 2.35. The Morgan fingerprint density at radius 2 is 1.95 bits per heavy atom. The molecule has 3 nitrogen and oxygen atoms in total. The van der Waals surface area contributed by atoms with Gasteiger partial charge in [0.15, 0.2) is 0 Å². The maximum Gasteiger partial charge on any atom is 0.230 e. The molecule has 1 aromatic rings. The fourth-order valence-electron chi connectivity index (χ4n) is 2.33. The van der Waals surface area contributed by atoms with Crippen LogP contribution in [-0.4, -0.2) is 24.4 Å². The molecule has 0 radical (unpaired) electrons. The molecule has 6 heteroatoms. The maximum atomic E-state index is 13.8. The SMILES string of the molecule is CCC(CC)(CN)C(=O)N(C)Cc1c(F)cccc1Cl.Cl. The molecule has 1 amide bonds. The number of rotatable bonds is 6. The number of carbonyl (C=O) groups is 1. The first-order valence-electron chi connectivity index (χ1n) is 6.80. The molecule has 0 saturated carbocycles. The summed E-state index contributed by atoms with van der Waals surface area (Å²) in [6, 6.07) is 4.51. The minimum Gasteiger partial charge on any atom is -0.341 e. The van der Waals surface area contributed by atoms with Crippen molar-refractivity contribution in [3.05, 3.63) is 34.6 Å². The fraction of sp³-hybridized carbons (Fsp3) is 0.533. The Morgan fingerprint density at radius 1 is 1.38 bits per heavy atom. The third-order valence-corrected chi connectivity index (χ3v) is 4.36. The van der Waals surface area contributed by atoms with Gasteiger partial charge < -0.3 is 10.6 Å². The molecule has 1 rings (SSSR count). The van der Waals surface area contributed by atoms with Gasteiger partial charge in [-0.2, -0.15) is 0 Å². The standard InChI is InChI=1S/C15H22ClFN2O.ClH/c1-4-15(5-2,10-18)14(20)19(3)9-11-12(16)7-6-8-13(11)17;/h6-8H,4-5,9-10,18H2,1-3H3;1H. The maximum absolute atomic E-state index is 13.8. The highest BCUT2D eigenvalue weighted by molar-refractivity contribution is 6.31. The summed E-state index contributed by atoms with van der Waals surface area (Å²) >= 11 is 5.99. The van der Waals surface area contributed by atoms with Crippen molar-refractivity contribution in [2.45, 2.75) is 33.2 Å². The van der Waals surface area contributed by atoms with E-state index in [1.54, 1.807) is 19.2 Å². The molecular weight excluding hydrogens is 314 g/mol. The number of benzene rings is 1. The van der Waals surface area contributed by atoms with Crippen molar-refractivity contribution in [1.82, 2.24) is 4.90 Å². The molecule has 0 heterocycles. The van der Waals surface area contributed by atoms with Gasteiger partial charge in [-0.05, 0) is 25.0 Å². The zero-order valence-electron chi connectivity index (χ0n) is 12.7. The van der Waals surface area contributed by atoms with Crippen LogP contribution in [0.1, 0.15) is 32.3 Å². The van der Waals surface area contributed by atoms with Crippen LogP contribution < -0.4 is 5.73 Å². The Hall–Kier alpha value is -0.840. The van der Waals surface area contributed by atoms with Crippen molar-refractivity contribution in [3.63, 3.8) is 0 Å². The van der Waals surface area contributed by atoms with E-state index in [0.29, 0.717) is 23.4 Å². The first-order chi connectivity index (χ1) is 9.41. The summed E-state index contributed by atoms with van der Waals surface area (Å²) in [4.78, 5) is 14.1. The fourth-order valence-corrected chi connectivity index (χ4v) is 2.55. The van der Waals surface area contributed by atoms with Gasteiger partial charge in [0.2, 0.25) is 5.91 Å². The van der Waals surface area contributed by atoms with E-state index in [0.717, 1.165) is 0 Å². The largest absolute Gasteiger partial charge is 0.341 e. The number of hydrogen-bond acceptors (Lipinski definition) is 2. The van der Waals surface area contributed by atoms with Gasteiger partial charge in [-0.3, -0.25) is 4.79 Å². The van der Waals surface area contributed by atoms with E-state index in [2.05, 4.69) is 0 Å². The molecule has 1 aromatic carbocycles. The number of hydrogen-bond donors (Lipinski definition) is 1. The van der Waals surface area contributed by atoms with Crippen molar-refractivity contribution in [2.75, 3.05) is 13.6 Å². The predicted molar refractivity (Wildman–Crippen MR) is 87.2 cm³/mol. The number of nitrogens with zero attached hydrogens (tertiary/aromatic N) is 1. The van der Waals surface area contributed by atoms with Gasteiger partial charge in [-0.15, -0.1) is 12.4 Å². The molecule has 0 spiro atoms. The summed E-state index contributed by atoms with van der Waals surface area (Å²) in [6.45, 7) is 4.32. The summed E-state index contributed by atoms with van der Waals surface area (Å²) in [5.74, 6) is -0.465. The lowest BCUT2D eigenvalue weighted by molar-refractivity contribution is -0.141. The summed E-state index contributed by atoms with van der Waals surface area (Å²) in [7, 11) is 1.65. The lowest BCUT2D eigenvalue weighted by Crippen LogP contribution is -2.45. The van der Waals surface area contributed by atoms with E-state index >= 15 is 0 Å². The van der Waals surface area contributed by atoms with E-state index in [1.165, 1.54) is 11.0 Å². The minimum atomic E-state index is -0.577. The number of nitrogens with two attached hydrogens (primary N) is 1. The number of amides is 1. The van der Waals surface area contributed by atoms with Crippen LogP contribution >= 0.6 is 24.0 Å². The molecule has 0 bridgehead atoms. The minimum absolute atomic E-state index is 0. The molecule has 0 atom stereocenters. The lowest BCUT2D eigenvalue weighted by atomic mass is 9.81. The van der Waals surface area contributed by atoms with Gasteiger partial charge in [0.1, 0.15) is 5.82 Å². The van der Waals surface area contributed by atoms with Crippen molar-refractivity contribution in [3.8, 4) is 0 Å².